The van der Waals surface area contributed by atoms with Gasteiger partial charge in [0.15, 0.2) is 11.2 Å². The molecule has 0 spiro atoms. The SMILES string of the molecule is Cc1ccc(C[C@H](NC(=O)c2ccc(N(Cc3cnc4nc(Cl)[nH]c(=O)c4n3)C(=O)C(F)(F)F)cc2)C(=O)O)cc1.N.[W]. The number of H-pyrrole nitrogens is 1. The average molecular weight is 790 g/mol. The zero-order valence-corrected chi connectivity index (χ0v) is 25.9. The molecule has 2 aromatic carbocycles. The van der Waals surface area contributed by atoms with Crippen LogP contribution in [0.2, 0.25) is 5.28 Å². The van der Waals surface area contributed by atoms with E-state index >= 15 is 0 Å². The van der Waals surface area contributed by atoms with E-state index in [1.807, 2.05) is 6.92 Å². The van der Waals surface area contributed by atoms with Crippen molar-refractivity contribution in [2.24, 2.45) is 0 Å². The van der Waals surface area contributed by atoms with Crippen molar-refractivity contribution in [3.63, 3.8) is 0 Å². The van der Waals surface area contributed by atoms with Crippen molar-refractivity contribution < 1.29 is 53.7 Å². The van der Waals surface area contributed by atoms with E-state index in [0.717, 1.165) is 36.0 Å². The number of alkyl halides is 3. The molecular weight excluding hydrogens is 767 g/mol. The topological polar surface area (TPSA) is 193 Å². The molecule has 17 heteroatoms. The van der Waals surface area contributed by atoms with E-state index in [0.29, 0.717) is 10.5 Å². The van der Waals surface area contributed by atoms with Crippen LogP contribution in [0.1, 0.15) is 27.2 Å². The molecule has 0 aliphatic carbocycles. The van der Waals surface area contributed by atoms with Gasteiger partial charge in [-0.2, -0.15) is 18.2 Å². The van der Waals surface area contributed by atoms with Crippen molar-refractivity contribution in [2.75, 3.05) is 4.90 Å². The van der Waals surface area contributed by atoms with Gasteiger partial charge in [0.25, 0.3) is 11.5 Å². The summed E-state index contributed by atoms with van der Waals surface area (Å²) in [5, 5.41) is 11.7. The van der Waals surface area contributed by atoms with Crippen LogP contribution in [0.4, 0.5) is 18.9 Å². The second-order valence-electron chi connectivity index (χ2n) is 8.88. The molecule has 1 atom stereocenters. The molecule has 0 radical (unpaired) electrons. The van der Waals surface area contributed by atoms with Gasteiger partial charge in [-0.25, -0.2) is 14.8 Å². The van der Waals surface area contributed by atoms with Crippen LogP contribution in [0.3, 0.4) is 0 Å². The quantitative estimate of drug-likeness (QED) is 0.194. The smallest absolute Gasteiger partial charge is 0.471 e. The Morgan fingerprint density at radius 1 is 1.07 bits per heavy atom. The van der Waals surface area contributed by atoms with Gasteiger partial charge in [0.1, 0.15) is 6.04 Å². The summed E-state index contributed by atoms with van der Waals surface area (Å²) >= 11 is 5.67. The van der Waals surface area contributed by atoms with Gasteiger partial charge in [-0.1, -0.05) is 29.8 Å². The number of anilines is 1. The molecule has 2 aromatic heterocycles. The molecule has 0 fully saturated rings. The number of nitrogens with zero attached hydrogens (tertiary/aromatic N) is 4. The first-order chi connectivity index (χ1) is 19.3. The first-order valence-corrected chi connectivity index (χ1v) is 12.2. The summed E-state index contributed by atoms with van der Waals surface area (Å²) in [6.07, 6.45) is -4.22. The molecule has 0 aliphatic rings. The summed E-state index contributed by atoms with van der Waals surface area (Å²) in [5.41, 5.74) is -0.0201. The van der Waals surface area contributed by atoms with Gasteiger partial charge in [0.2, 0.25) is 5.28 Å². The number of carboxylic acids is 1. The number of fused-ring (bicyclic) bond motifs is 1. The van der Waals surface area contributed by atoms with Gasteiger partial charge < -0.3 is 16.6 Å². The number of amides is 2. The van der Waals surface area contributed by atoms with Crippen LogP contribution in [-0.2, 0) is 43.6 Å². The van der Waals surface area contributed by atoms with Gasteiger partial charge >= 0.3 is 18.1 Å². The van der Waals surface area contributed by atoms with Gasteiger partial charge in [0, 0.05) is 38.7 Å². The third kappa shape index (κ3) is 8.66. The molecule has 4 rings (SSSR count). The van der Waals surface area contributed by atoms with Crippen LogP contribution in [0, 0.1) is 6.92 Å². The molecule has 12 nitrogen and oxygen atoms in total. The maximum absolute atomic E-state index is 13.5. The number of carbonyl (C=O) groups excluding carboxylic acids is 2. The van der Waals surface area contributed by atoms with E-state index in [1.54, 1.807) is 24.3 Å². The molecule has 0 bridgehead atoms. The molecular formula is C26H23ClF3N7O5W. The molecule has 43 heavy (non-hydrogen) atoms. The number of halogens is 4. The summed E-state index contributed by atoms with van der Waals surface area (Å²) in [4.78, 5) is 63.1. The fourth-order valence-corrected chi connectivity index (χ4v) is 3.96. The standard InChI is InChI=1S/C26H20ClF3N6O5.H3N.W/c1-13-2-4-14(5-3-13)10-18(23(39)40)33-21(37)15-6-8-17(9-7-15)36(24(41)26(28,29)30)12-16-11-31-20-19(32-16)22(38)35-25(27)34-20;;/h2-9,11,18H,10,12H2,1H3,(H,33,37)(H,39,40)(H,31,34,35,38);1H3;/t18-;;/m0../s1. The average Bonchev–Trinajstić information content (AvgIpc) is 2.92. The number of hydrogen-bond donors (Lipinski definition) is 4. The second kappa shape index (κ2) is 14.3. The third-order valence-corrected chi connectivity index (χ3v) is 6.03. The molecule has 2 amide bonds. The number of rotatable bonds is 8. The minimum atomic E-state index is -5.27. The zero-order valence-electron chi connectivity index (χ0n) is 22.2. The monoisotopic (exact) mass is 789 g/mol. The minimum absolute atomic E-state index is 0. The Morgan fingerprint density at radius 3 is 2.28 bits per heavy atom. The largest absolute Gasteiger partial charge is 0.480 e. The Labute approximate surface area is 260 Å². The Hall–Kier alpha value is -4.20. The summed E-state index contributed by atoms with van der Waals surface area (Å²) in [7, 11) is 0. The van der Waals surface area contributed by atoms with Crippen LogP contribution in [0.15, 0.2) is 59.5 Å². The van der Waals surface area contributed by atoms with E-state index in [9.17, 15) is 37.5 Å². The number of carboxylic acid groups (broad SMARTS) is 1. The van der Waals surface area contributed by atoms with Gasteiger partial charge in [-0.3, -0.25) is 24.3 Å². The first-order valence-electron chi connectivity index (χ1n) is 11.8. The molecule has 4 aromatic rings. The van der Waals surface area contributed by atoms with E-state index in [2.05, 4.69) is 25.3 Å². The number of aliphatic carboxylic acids is 1. The minimum Gasteiger partial charge on any atom is -0.480 e. The third-order valence-electron chi connectivity index (χ3n) is 5.85. The van der Waals surface area contributed by atoms with E-state index < -0.39 is 42.1 Å². The fourth-order valence-electron chi connectivity index (χ4n) is 3.79. The maximum Gasteiger partial charge on any atom is 0.471 e. The van der Waals surface area contributed by atoms with Gasteiger partial charge in [-0.15, -0.1) is 0 Å². The first kappa shape index (κ1) is 35.0. The molecule has 0 aliphatic heterocycles. The number of aryl methyl sites for hydroxylation is 1. The number of carbonyl (C=O) groups is 3. The second-order valence-corrected chi connectivity index (χ2v) is 9.24. The fraction of sp³-hybridized carbons (Fsp3) is 0.192. The number of benzene rings is 2. The molecule has 2 heterocycles. The summed E-state index contributed by atoms with van der Waals surface area (Å²) < 4.78 is 40.4. The van der Waals surface area contributed by atoms with Crippen molar-refractivity contribution >= 4 is 46.2 Å². The summed E-state index contributed by atoms with van der Waals surface area (Å²) in [6, 6.07) is 10.3. The molecule has 0 unspecified atom stereocenters. The Balaban J connectivity index is 0.00000323. The van der Waals surface area contributed by atoms with Crippen LogP contribution in [0.25, 0.3) is 11.2 Å². The molecule has 0 saturated heterocycles. The molecule has 0 saturated carbocycles. The molecule has 226 valence electrons. The van der Waals surface area contributed by atoms with Crippen molar-refractivity contribution in [1.82, 2.24) is 31.4 Å². The zero-order chi connectivity index (χ0) is 29.9. The Morgan fingerprint density at radius 2 is 1.70 bits per heavy atom. The Kier molecular flexibility index (Phi) is 11.6. The summed E-state index contributed by atoms with van der Waals surface area (Å²) in [5.74, 6) is -4.29. The molecule has 6 N–H and O–H groups in total. The van der Waals surface area contributed by atoms with Crippen LogP contribution >= 0.6 is 11.6 Å². The number of aromatic amines is 1. The predicted octanol–water partition coefficient (Wildman–Crippen LogP) is 3.36. The number of nitrogens with one attached hydrogen (secondary N) is 2. The normalized spacial score (nSPS) is 11.6. The van der Waals surface area contributed by atoms with Gasteiger partial charge in [-0.05, 0) is 48.4 Å². The summed E-state index contributed by atoms with van der Waals surface area (Å²) in [6.45, 7) is 1.14. The van der Waals surface area contributed by atoms with E-state index in [-0.39, 0.29) is 67.0 Å². The van der Waals surface area contributed by atoms with Crippen LogP contribution < -0.4 is 21.9 Å². The van der Waals surface area contributed by atoms with Crippen LogP contribution in [0.5, 0.6) is 0 Å². The van der Waals surface area contributed by atoms with Crippen molar-refractivity contribution in [3.8, 4) is 0 Å². The van der Waals surface area contributed by atoms with Crippen LogP contribution in [-0.4, -0.2) is 55.0 Å². The van der Waals surface area contributed by atoms with Crippen molar-refractivity contribution in [1.29, 1.82) is 0 Å². The van der Waals surface area contributed by atoms with Crippen molar-refractivity contribution in [3.05, 3.63) is 92.7 Å². The van der Waals surface area contributed by atoms with E-state index in [1.165, 1.54) is 0 Å². The number of aromatic nitrogens is 4. The van der Waals surface area contributed by atoms with Crippen molar-refractivity contribution in [2.45, 2.75) is 32.1 Å². The van der Waals surface area contributed by atoms with E-state index in [4.69, 9.17) is 11.6 Å². The maximum atomic E-state index is 13.5. The van der Waals surface area contributed by atoms with Gasteiger partial charge in [0.05, 0.1) is 18.4 Å². The number of hydrogen-bond acceptors (Lipinski definition) is 8. The predicted molar refractivity (Wildman–Crippen MR) is 145 cm³/mol. The Bertz CT molecular complexity index is 1690.